The van der Waals surface area contributed by atoms with Gasteiger partial charge in [-0.2, -0.15) is 0 Å². The SMILES string of the molecule is CC[15N](CC)CCCCC(CCCC[15N](CC)CC)CCCC(N)N. The Hall–Kier alpha value is -0.160. The van der Waals surface area contributed by atoms with Crippen LogP contribution in [0.5, 0.6) is 0 Å². The smallest absolute Gasteiger partial charge is 0.0520 e. The lowest BCUT2D eigenvalue weighted by Gasteiger charge is -2.21. The van der Waals surface area contributed by atoms with Crippen molar-refractivity contribution in [2.75, 3.05) is 39.3 Å². The third-order valence-electron chi connectivity index (χ3n) is 5.61. The molecule has 4 nitrogen and oxygen atoms in total. The Morgan fingerprint density at radius 3 is 1.32 bits per heavy atom. The number of nitrogens with two attached hydrogens (primary N) is 2. The van der Waals surface area contributed by atoms with Crippen LogP contribution in [0.25, 0.3) is 0 Å². The van der Waals surface area contributed by atoms with E-state index in [-0.39, 0.29) is 6.17 Å². The number of hydrogen-bond acceptors (Lipinski definition) is 4. The van der Waals surface area contributed by atoms with Gasteiger partial charge in [0.05, 0.1) is 6.17 Å². The normalized spacial score (nSPS) is 12.2. The summed E-state index contributed by atoms with van der Waals surface area (Å²) >= 11 is 0. The molecule has 0 unspecified atom stereocenters. The molecule has 0 amide bonds. The quantitative estimate of drug-likeness (QED) is 0.220. The first-order valence-corrected chi connectivity index (χ1v) is 11.0. The number of nitrogens with zero attached hydrogens (tertiary/aromatic N) is 2. The molecule has 0 bridgehead atoms. The van der Waals surface area contributed by atoms with Gasteiger partial charge in [0.2, 0.25) is 0 Å². The molecule has 0 radical (unpaired) electrons. The van der Waals surface area contributed by atoms with Gasteiger partial charge in [0.15, 0.2) is 0 Å². The molecule has 152 valence electrons. The maximum absolute atomic E-state index is 5.72. The van der Waals surface area contributed by atoms with Gasteiger partial charge in [-0.15, -0.1) is 0 Å². The predicted octanol–water partition coefficient (Wildman–Crippen LogP) is 4.04. The van der Waals surface area contributed by atoms with Gasteiger partial charge in [-0.25, -0.2) is 0 Å². The highest BCUT2D eigenvalue weighted by atomic mass is 15.8. The zero-order valence-corrected chi connectivity index (χ0v) is 17.8. The van der Waals surface area contributed by atoms with Gasteiger partial charge in [0.25, 0.3) is 0 Å². The van der Waals surface area contributed by atoms with Crippen molar-refractivity contribution < 1.29 is 0 Å². The minimum Gasteiger partial charge on any atom is -0.316 e. The molecule has 0 aliphatic heterocycles. The van der Waals surface area contributed by atoms with E-state index in [4.69, 9.17) is 11.5 Å². The van der Waals surface area contributed by atoms with Crippen molar-refractivity contribution in [2.24, 2.45) is 17.4 Å². The third-order valence-corrected chi connectivity index (χ3v) is 5.61. The molecule has 25 heavy (non-hydrogen) atoms. The van der Waals surface area contributed by atoms with E-state index < -0.39 is 0 Å². The van der Waals surface area contributed by atoms with E-state index >= 15 is 0 Å². The van der Waals surface area contributed by atoms with E-state index in [1.165, 1.54) is 90.6 Å². The summed E-state index contributed by atoms with van der Waals surface area (Å²) in [4.78, 5) is 5.07. The van der Waals surface area contributed by atoms with Crippen molar-refractivity contribution in [3.8, 4) is 0 Å². The van der Waals surface area contributed by atoms with Crippen LogP contribution in [0.2, 0.25) is 0 Å². The minimum absolute atomic E-state index is 0.133. The van der Waals surface area contributed by atoms with Gasteiger partial charge in [-0.05, 0) is 64.4 Å². The molecule has 0 aromatic heterocycles. The van der Waals surface area contributed by atoms with Crippen LogP contribution in [0.15, 0.2) is 0 Å². The predicted molar refractivity (Wildman–Crippen MR) is 113 cm³/mol. The van der Waals surface area contributed by atoms with E-state index in [1.54, 1.807) is 0 Å². The topological polar surface area (TPSA) is 58.5 Å². The molecule has 0 aliphatic rings. The van der Waals surface area contributed by atoms with Crippen LogP contribution >= 0.6 is 0 Å². The molecule has 0 rings (SSSR count). The second-order valence-electron chi connectivity index (χ2n) is 7.51. The monoisotopic (exact) mass is 358 g/mol. The summed E-state index contributed by atoms with van der Waals surface area (Å²) in [5.41, 5.74) is 11.4. The van der Waals surface area contributed by atoms with Gasteiger partial charge in [-0.3, -0.25) is 0 Å². The van der Waals surface area contributed by atoms with Crippen molar-refractivity contribution >= 4 is 0 Å². The van der Waals surface area contributed by atoms with Gasteiger partial charge < -0.3 is 21.3 Å². The summed E-state index contributed by atoms with van der Waals surface area (Å²) < 4.78 is 0. The van der Waals surface area contributed by atoms with E-state index in [2.05, 4.69) is 37.5 Å². The van der Waals surface area contributed by atoms with Gasteiger partial charge in [0, 0.05) is 0 Å². The minimum atomic E-state index is -0.133. The highest BCUT2D eigenvalue weighted by molar-refractivity contribution is 4.65. The van der Waals surface area contributed by atoms with Gasteiger partial charge >= 0.3 is 0 Å². The number of hydrogen-bond donors (Lipinski definition) is 2. The summed E-state index contributed by atoms with van der Waals surface area (Å²) in [7, 11) is 0. The Morgan fingerprint density at radius 1 is 0.560 bits per heavy atom. The van der Waals surface area contributed by atoms with Crippen molar-refractivity contribution in [1.29, 1.82) is 0 Å². The van der Waals surface area contributed by atoms with Crippen LogP contribution in [0.3, 0.4) is 0 Å². The second-order valence-corrected chi connectivity index (χ2v) is 7.51. The molecule has 0 saturated carbocycles. The zero-order valence-electron chi connectivity index (χ0n) is 17.8. The van der Waals surface area contributed by atoms with Crippen LogP contribution in [0.1, 0.15) is 85.5 Å². The standard InChI is InChI=1S/C21H48N4/c1-5-24(6-2)18-11-9-14-20(16-13-17-21(22)23)15-10-12-19-25(7-3)8-4/h20-21H,5-19,22-23H2,1-4H3/i24+1,25+1. The van der Waals surface area contributed by atoms with Crippen LogP contribution < -0.4 is 11.5 Å². The van der Waals surface area contributed by atoms with E-state index in [0.29, 0.717) is 0 Å². The molecule has 4 heteroatoms. The zero-order chi connectivity index (χ0) is 18.9. The molecular weight excluding hydrogens is 310 g/mol. The average Bonchev–Trinajstić information content (AvgIpc) is 2.61. The molecule has 0 saturated heterocycles. The van der Waals surface area contributed by atoms with Crippen LogP contribution in [0, 0.1) is 5.92 Å². The molecule has 0 aliphatic carbocycles. The van der Waals surface area contributed by atoms with Crippen molar-refractivity contribution in [3.05, 3.63) is 0 Å². The van der Waals surface area contributed by atoms with Crippen molar-refractivity contribution in [2.45, 2.75) is 91.6 Å². The molecule has 4 N–H and O–H groups in total. The Bertz CT molecular complexity index is 243. The first-order valence-electron chi connectivity index (χ1n) is 11.0. The fraction of sp³-hybridized carbons (Fsp3) is 1.00. The van der Waals surface area contributed by atoms with Gasteiger partial charge in [-0.1, -0.05) is 66.2 Å². The maximum atomic E-state index is 5.72. The van der Waals surface area contributed by atoms with E-state index in [0.717, 1.165) is 12.3 Å². The molecular formula is C21H48N4. The Labute approximate surface area is 158 Å². The summed E-state index contributed by atoms with van der Waals surface area (Å²) in [6, 6.07) is 0. The number of rotatable bonds is 18. The lowest BCUT2D eigenvalue weighted by atomic mass is 9.90. The van der Waals surface area contributed by atoms with Crippen LogP contribution in [-0.4, -0.2) is 55.2 Å². The van der Waals surface area contributed by atoms with Crippen molar-refractivity contribution in [1.82, 2.24) is 9.80 Å². The van der Waals surface area contributed by atoms with E-state index in [1.807, 2.05) is 0 Å². The van der Waals surface area contributed by atoms with Crippen LogP contribution in [-0.2, 0) is 0 Å². The summed E-state index contributed by atoms with van der Waals surface area (Å²) in [6.45, 7) is 16.3. The molecule has 0 aromatic carbocycles. The summed E-state index contributed by atoms with van der Waals surface area (Å²) in [6.07, 6.45) is 11.5. The highest BCUT2D eigenvalue weighted by Gasteiger charge is 2.10. The Morgan fingerprint density at radius 2 is 0.960 bits per heavy atom. The Balaban J connectivity index is 4.04. The molecule has 0 aromatic rings. The van der Waals surface area contributed by atoms with Crippen LogP contribution in [0.4, 0.5) is 0 Å². The molecule has 0 fully saturated rings. The fourth-order valence-corrected chi connectivity index (χ4v) is 3.69. The molecule has 0 heterocycles. The number of unbranched alkanes of at least 4 members (excludes halogenated alkanes) is 2. The second kappa shape index (κ2) is 17.3. The van der Waals surface area contributed by atoms with Gasteiger partial charge in [0.1, 0.15) is 0 Å². The summed E-state index contributed by atoms with van der Waals surface area (Å²) in [5, 5.41) is 0. The van der Waals surface area contributed by atoms with E-state index in [9.17, 15) is 0 Å². The lowest BCUT2D eigenvalue weighted by molar-refractivity contribution is 0.277. The third kappa shape index (κ3) is 14.7. The lowest BCUT2D eigenvalue weighted by Crippen LogP contribution is -2.30. The first kappa shape index (κ1) is 24.8. The summed E-state index contributed by atoms with van der Waals surface area (Å²) in [5.74, 6) is 0.868. The largest absolute Gasteiger partial charge is 0.316 e. The maximum Gasteiger partial charge on any atom is 0.0520 e. The highest BCUT2D eigenvalue weighted by Crippen LogP contribution is 2.22. The first-order chi connectivity index (χ1) is 12.1. The molecule has 0 spiro atoms. The molecule has 0 atom stereocenters. The average molecular weight is 359 g/mol. The fourth-order valence-electron chi connectivity index (χ4n) is 3.69. The Kier molecular flexibility index (Phi) is 17.2. The van der Waals surface area contributed by atoms with Crippen molar-refractivity contribution in [3.63, 3.8) is 0 Å².